The van der Waals surface area contributed by atoms with Gasteiger partial charge in [-0.25, -0.2) is 0 Å². The lowest BCUT2D eigenvalue weighted by molar-refractivity contribution is 0.204. The highest BCUT2D eigenvalue weighted by molar-refractivity contribution is 7.13. The third-order valence-electron chi connectivity index (χ3n) is 4.69. The molecule has 124 valence electrons. The number of benzene rings is 1. The molecule has 24 heavy (non-hydrogen) atoms. The Labute approximate surface area is 145 Å². The minimum absolute atomic E-state index is 0.609. The molecule has 2 aromatic heterocycles. The first-order valence-electron chi connectivity index (χ1n) is 8.26. The van der Waals surface area contributed by atoms with E-state index in [4.69, 9.17) is 4.74 Å². The maximum absolute atomic E-state index is 5.12. The largest absolute Gasteiger partial charge is 0.472 e. The number of hydrogen-bond donors (Lipinski definition) is 0. The van der Waals surface area contributed by atoms with Crippen molar-refractivity contribution in [2.45, 2.75) is 25.3 Å². The van der Waals surface area contributed by atoms with Gasteiger partial charge in [-0.05, 0) is 49.5 Å². The number of pyridine rings is 1. The Morgan fingerprint density at radius 1 is 1.17 bits per heavy atom. The second-order valence-electron chi connectivity index (χ2n) is 6.13. The first-order valence-corrected chi connectivity index (χ1v) is 9.07. The number of rotatable bonds is 4. The van der Waals surface area contributed by atoms with Crippen molar-refractivity contribution in [3.8, 4) is 5.19 Å². The van der Waals surface area contributed by atoms with Gasteiger partial charge in [-0.2, -0.15) is 0 Å². The first kappa shape index (κ1) is 15.5. The van der Waals surface area contributed by atoms with Gasteiger partial charge in [0.05, 0.1) is 19.2 Å². The van der Waals surface area contributed by atoms with Crippen molar-refractivity contribution in [1.29, 1.82) is 0 Å². The summed E-state index contributed by atoms with van der Waals surface area (Å²) in [5, 5.41) is 11.2. The van der Waals surface area contributed by atoms with Crippen LogP contribution in [0.25, 0.3) is 10.9 Å². The van der Waals surface area contributed by atoms with Crippen LogP contribution in [0.15, 0.2) is 36.5 Å². The Bertz CT molecular complexity index is 821. The van der Waals surface area contributed by atoms with Crippen LogP contribution in [0.3, 0.4) is 0 Å². The summed E-state index contributed by atoms with van der Waals surface area (Å²) in [6, 6.07) is 10.6. The van der Waals surface area contributed by atoms with E-state index in [9.17, 15) is 0 Å². The van der Waals surface area contributed by atoms with Crippen LogP contribution in [0.5, 0.6) is 5.19 Å². The second kappa shape index (κ2) is 6.83. The van der Waals surface area contributed by atoms with E-state index >= 15 is 0 Å². The molecule has 0 N–H and O–H groups in total. The summed E-state index contributed by atoms with van der Waals surface area (Å²) in [4.78, 5) is 6.94. The number of nitrogens with zero attached hydrogens (tertiary/aromatic N) is 4. The Morgan fingerprint density at radius 2 is 2.00 bits per heavy atom. The summed E-state index contributed by atoms with van der Waals surface area (Å²) in [6.07, 6.45) is 4.28. The minimum atomic E-state index is 0.609. The third-order valence-corrected chi connectivity index (χ3v) is 5.56. The van der Waals surface area contributed by atoms with Crippen LogP contribution in [0.2, 0.25) is 0 Å². The van der Waals surface area contributed by atoms with Gasteiger partial charge < -0.3 is 4.74 Å². The van der Waals surface area contributed by atoms with Gasteiger partial charge in [0.25, 0.3) is 5.19 Å². The van der Waals surface area contributed by atoms with Gasteiger partial charge in [0.15, 0.2) is 0 Å². The van der Waals surface area contributed by atoms with Crippen molar-refractivity contribution in [1.82, 2.24) is 20.1 Å². The highest BCUT2D eigenvalue weighted by Gasteiger charge is 2.23. The van der Waals surface area contributed by atoms with E-state index in [2.05, 4.69) is 50.4 Å². The number of para-hydroxylation sites is 1. The number of fused-ring (bicyclic) bond motifs is 1. The van der Waals surface area contributed by atoms with Crippen molar-refractivity contribution >= 4 is 22.2 Å². The predicted octanol–water partition coefficient (Wildman–Crippen LogP) is 3.47. The van der Waals surface area contributed by atoms with Crippen molar-refractivity contribution in [2.24, 2.45) is 0 Å². The van der Waals surface area contributed by atoms with Crippen LogP contribution in [0, 0.1) is 0 Å². The zero-order valence-electron chi connectivity index (χ0n) is 13.7. The average Bonchev–Trinajstić information content (AvgIpc) is 3.09. The highest BCUT2D eigenvalue weighted by atomic mass is 32.1. The normalized spacial score (nSPS) is 16.5. The standard InChI is InChI=1S/C18H20N4OS/c1-23-18-21-20-17(24-18)12-22-10-7-13(8-11-22)14-6-9-19-16-5-3-2-4-15(14)16/h2-6,9,13H,7-8,10-12H2,1H3. The molecule has 0 atom stereocenters. The van der Waals surface area contributed by atoms with Gasteiger partial charge in [-0.3, -0.25) is 9.88 Å². The van der Waals surface area contributed by atoms with Crippen LogP contribution in [-0.4, -0.2) is 40.3 Å². The predicted molar refractivity (Wildman–Crippen MR) is 95.5 cm³/mol. The molecule has 3 heterocycles. The topological polar surface area (TPSA) is 51.1 Å². The third kappa shape index (κ3) is 3.12. The van der Waals surface area contributed by atoms with Crippen molar-refractivity contribution in [3.63, 3.8) is 0 Å². The number of ether oxygens (including phenoxy) is 1. The summed E-state index contributed by atoms with van der Waals surface area (Å²) in [6.45, 7) is 3.04. The number of likely N-dealkylation sites (tertiary alicyclic amines) is 1. The summed E-state index contributed by atoms with van der Waals surface area (Å²) in [5.41, 5.74) is 2.54. The fourth-order valence-electron chi connectivity index (χ4n) is 3.45. The molecule has 0 spiro atoms. The van der Waals surface area contributed by atoms with Crippen LogP contribution < -0.4 is 4.74 Å². The van der Waals surface area contributed by atoms with Crippen LogP contribution >= 0.6 is 11.3 Å². The number of hydrogen-bond acceptors (Lipinski definition) is 6. The van der Waals surface area contributed by atoms with Gasteiger partial charge in [0.1, 0.15) is 5.01 Å². The molecule has 5 nitrogen and oxygen atoms in total. The van der Waals surface area contributed by atoms with Crippen molar-refractivity contribution < 1.29 is 4.74 Å². The minimum Gasteiger partial charge on any atom is -0.472 e. The molecule has 4 rings (SSSR count). The first-order chi connectivity index (χ1) is 11.8. The van der Waals surface area contributed by atoms with E-state index in [1.54, 1.807) is 7.11 Å². The van der Waals surface area contributed by atoms with Gasteiger partial charge in [-0.15, -0.1) is 10.2 Å². The lowest BCUT2D eigenvalue weighted by Crippen LogP contribution is -2.32. The summed E-state index contributed by atoms with van der Waals surface area (Å²) in [7, 11) is 1.63. The Balaban J connectivity index is 1.44. The molecule has 6 heteroatoms. The SMILES string of the molecule is COc1nnc(CN2CCC(c3ccnc4ccccc34)CC2)s1. The maximum atomic E-state index is 5.12. The van der Waals surface area contributed by atoms with Crippen LogP contribution in [-0.2, 0) is 6.54 Å². The Morgan fingerprint density at radius 3 is 2.79 bits per heavy atom. The smallest absolute Gasteiger partial charge is 0.293 e. The molecule has 1 aliphatic rings. The zero-order valence-corrected chi connectivity index (χ0v) is 14.5. The molecule has 0 radical (unpaired) electrons. The molecule has 1 fully saturated rings. The Kier molecular flexibility index (Phi) is 4.40. The van der Waals surface area contributed by atoms with E-state index in [-0.39, 0.29) is 0 Å². The quantitative estimate of drug-likeness (QED) is 0.728. The van der Waals surface area contributed by atoms with E-state index < -0.39 is 0 Å². The lowest BCUT2D eigenvalue weighted by Gasteiger charge is -2.31. The van der Waals surface area contributed by atoms with Crippen LogP contribution in [0.1, 0.15) is 29.3 Å². The number of piperidine rings is 1. The molecular weight excluding hydrogens is 320 g/mol. The Hall–Kier alpha value is -2.05. The second-order valence-corrected chi connectivity index (χ2v) is 7.16. The molecule has 0 aliphatic carbocycles. The molecule has 1 saturated heterocycles. The molecular formula is C18H20N4OS. The van der Waals surface area contributed by atoms with Gasteiger partial charge in [0, 0.05) is 11.6 Å². The monoisotopic (exact) mass is 340 g/mol. The van der Waals surface area contributed by atoms with E-state index in [1.165, 1.54) is 35.1 Å². The highest BCUT2D eigenvalue weighted by Crippen LogP contribution is 2.33. The van der Waals surface area contributed by atoms with Crippen molar-refractivity contribution in [3.05, 3.63) is 47.1 Å². The molecule has 0 amide bonds. The summed E-state index contributed by atoms with van der Waals surface area (Å²) >= 11 is 1.53. The van der Waals surface area contributed by atoms with Gasteiger partial charge >= 0.3 is 0 Å². The van der Waals surface area contributed by atoms with Crippen molar-refractivity contribution in [2.75, 3.05) is 20.2 Å². The van der Waals surface area contributed by atoms with E-state index in [0.717, 1.165) is 30.2 Å². The lowest BCUT2D eigenvalue weighted by atomic mass is 9.87. The van der Waals surface area contributed by atoms with E-state index in [0.29, 0.717) is 11.1 Å². The maximum Gasteiger partial charge on any atom is 0.293 e. The van der Waals surface area contributed by atoms with Gasteiger partial charge in [-0.1, -0.05) is 29.5 Å². The number of methoxy groups -OCH3 is 1. The molecule has 1 aromatic carbocycles. The van der Waals surface area contributed by atoms with Gasteiger partial charge in [0.2, 0.25) is 0 Å². The van der Waals surface area contributed by atoms with E-state index in [1.807, 2.05) is 6.20 Å². The number of aromatic nitrogens is 3. The zero-order chi connectivity index (χ0) is 16.4. The average molecular weight is 340 g/mol. The fourth-order valence-corrected chi connectivity index (χ4v) is 4.15. The fraction of sp³-hybridized carbons (Fsp3) is 0.389. The molecule has 0 bridgehead atoms. The summed E-state index contributed by atoms with van der Waals surface area (Å²) in [5.74, 6) is 0.609. The molecule has 0 unspecified atom stereocenters. The van der Waals surface area contributed by atoms with Crippen LogP contribution in [0.4, 0.5) is 0 Å². The molecule has 0 saturated carbocycles. The summed E-state index contributed by atoms with van der Waals surface area (Å²) < 4.78 is 5.12. The molecule has 3 aromatic rings. The molecule has 1 aliphatic heterocycles.